The molecule has 3 aromatic rings. The highest BCUT2D eigenvalue weighted by Crippen LogP contribution is 2.24. The van der Waals surface area contributed by atoms with Gasteiger partial charge in [0.05, 0.1) is 10.6 Å². The number of nitro benzene ring substituents is 1. The first-order valence-electron chi connectivity index (χ1n) is 11.3. The third-order valence-electron chi connectivity index (χ3n) is 5.70. The summed E-state index contributed by atoms with van der Waals surface area (Å²) in [5, 5.41) is 18.1. The molecule has 0 unspecified atom stereocenters. The van der Waals surface area contributed by atoms with Crippen LogP contribution in [0.15, 0.2) is 60.0 Å². The standard InChI is InChI=1S/C24H24N6O5S/c31-21(22(32)27-24-26-20(16-36-24)17-4-2-1-3-5-17)25-10-11-28-12-14-29(15-13-28)23(33)18-6-8-19(9-7-18)30(34)35/h1-9,16H,10-15H2,(H,25,31)(H,26,27,32). The van der Waals surface area contributed by atoms with Gasteiger partial charge in [0.25, 0.3) is 11.6 Å². The Bertz CT molecular complexity index is 1240. The molecular weight excluding hydrogens is 484 g/mol. The van der Waals surface area contributed by atoms with Crippen molar-refractivity contribution in [3.8, 4) is 11.3 Å². The number of carbonyl (C=O) groups is 3. The van der Waals surface area contributed by atoms with E-state index in [0.29, 0.717) is 43.4 Å². The Balaban J connectivity index is 1.17. The molecule has 2 aromatic carbocycles. The number of anilines is 1. The van der Waals surface area contributed by atoms with E-state index < -0.39 is 16.7 Å². The van der Waals surface area contributed by atoms with Crippen molar-refractivity contribution in [1.29, 1.82) is 0 Å². The van der Waals surface area contributed by atoms with Crippen LogP contribution in [0.25, 0.3) is 11.3 Å². The lowest BCUT2D eigenvalue weighted by molar-refractivity contribution is -0.384. The summed E-state index contributed by atoms with van der Waals surface area (Å²) in [4.78, 5) is 55.4. The van der Waals surface area contributed by atoms with Crippen LogP contribution in [0.5, 0.6) is 0 Å². The summed E-state index contributed by atoms with van der Waals surface area (Å²) in [6.07, 6.45) is 0. The molecule has 0 bridgehead atoms. The fraction of sp³-hybridized carbons (Fsp3) is 0.250. The van der Waals surface area contributed by atoms with E-state index in [-0.39, 0.29) is 18.1 Å². The Morgan fingerprint density at radius 2 is 1.67 bits per heavy atom. The van der Waals surface area contributed by atoms with Crippen LogP contribution in [0, 0.1) is 10.1 Å². The molecule has 1 aliphatic rings. The molecule has 36 heavy (non-hydrogen) atoms. The average molecular weight is 509 g/mol. The van der Waals surface area contributed by atoms with E-state index in [0.717, 1.165) is 11.3 Å². The molecule has 2 heterocycles. The molecule has 1 fully saturated rings. The molecule has 1 aliphatic heterocycles. The van der Waals surface area contributed by atoms with Crippen molar-refractivity contribution >= 4 is 39.9 Å². The molecular formula is C24H24N6O5S. The van der Waals surface area contributed by atoms with Crippen molar-refractivity contribution in [2.24, 2.45) is 0 Å². The van der Waals surface area contributed by atoms with Crippen LogP contribution < -0.4 is 10.6 Å². The van der Waals surface area contributed by atoms with Gasteiger partial charge in [0, 0.05) is 67.9 Å². The maximum Gasteiger partial charge on any atom is 0.315 e. The number of nitrogens with zero attached hydrogens (tertiary/aromatic N) is 4. The van der Waals surface area contributed by atoms with Crippen LogP contribution in [0.3, 0.4) is 0 Å². The number of hydrogen-bond donors (Lipinski definition) is 2. The Hall–Kier alpha value is -4.16. The largest absolute Gasteiger partial charge is 0.347 e. The van der Waals surface area contributed by atoms with Crippen LogP contribution >= 0.6 is 11.3 Å². The molecule has 0 atom stereocenters. The number of non-ortho nitro benzene ring substituents is 1. The Morgan fingerprint density at radius 1 is 0.972 bits per heavy atom. The lowest BCUT2D eigenvalue weighted by Gasteiger charge is -2.34. The molecule has 4 rings (SSSR count). The first-order valence-corrected chi connectivity index (χ1v) is 12.1. The molecule has 0 saturated carbocycles. The molecule has 0 spiro atoms. The van der Waals surface area contributed by atoms with Crippen LogP contribution in [-0.4, -0.2) is 76.7 Å². The van der Waals surface area contributed by atoms with E-state index in [1.807, 2.05) is 35.7 Å². The fourth-order valence-electron chi connectivity index (χ4n) is 3.72. The van der Waals surface area contributed by atoms with Crippen LogP contribution in [0.1, 0.15) is 10.4 Å². The van der Waals surface area contributed by atoms with Gasteiger partial charge in [-0.25, -0.2) is 4.98 Å². The lowest BCUT2D eigenvalue weighted by atomic mass is 10.1. The number of piperazine rings is 1. The van der Waals surface area contributed by atoms with Gasteiger partial charge in [-0.2, -0.15) is 0 Å². The zero-order valence-corrected chi connectivity index (χ0v) is 20.1. The number of thiazole rings is 1. The highest BCUT2D eigenvalue weighted by Gasteiger charge is 2.23. The van der Waals surface area contributed by atoms with Crippen LogP contribution in [0.4, 0.5) is 10.8 Å². The second-order valence-electron chi connectivity index (χ2n) is 8.05. The number of nitrogens with one attached hydrogen (secondary N) is 2. The summed E-state index contributed by atoms with van der Waals surface area (Å²) in [7, 11) is 0. The number of rotatable bonds is 7. The maximum absolute atomic E-state index is 12.6. The molecule has 11 nitrogen and oxygen atoms in total. The Kier molecular flexibility index (Phi) is 7.98. The minimum Gasteiger partial charge on any atom is -0.347 e. The van der Waals surface area contributed by atoms with Crippen LogP contribution in [0.2, 0.25) is 0 Å². The summed E-state index contributed by atoms with van der Waals surface area (Å²) in [5.41, 5.74) is 2.00. The first-order chi connectivity index (χ1) is 17.4. The van der Waals surface area contributed by atoms with Gasteiger partial charge < -0.3 is 10.2 Å². The topological polar surface area (TPSA) is 138 Å². The Labute approximate surface area is 210 Å². The molecule has 3 amide bonds. The number of carbonyl (C=O) groups excluding carboxylic acids is 3. The van der Waals surface area contributed by atoms with E-state index >= 15 is 0 Å². The van der Waals surface area contributed by atoms with Gasteiger partial charge in [-0.1, -0.05) is 30.3 Å². The third-order valence-corrected chi connectivity index (χ3v) is 6.46. The van der Waals surface area contributed by atoms with Crippen molar-refractivity contribution in [2.45, 2.75) is 0 Å². The van der Waals surface area contributed by atoms with Gasteiger partial charge >= 0.3 is 11.8 Å². The van der Waals surface area contributed by atoms with E-state index in [1.54, 1.807) is 4.90 Å². The summed E-state index contributed by atoms with van der Waals surface area (Å²) in [6, 6.07) is 15.1. The third kappa shape index (κ3) is 6.29. The quantitative estimate of drug-likeness (QED) is 0.284. The minimum absolute atomic E-state index is 0.0596. The van der Waals surface area contributed by atoms with Crippen molar-refractivity contribution in [1.82, 2.24) is 20.1 Å². The molecule has 2 N–H and O–H groups in total. The van der Waals surface area contributed by atoms with Gasteiger partial charge in [0.15, 0.2) is 5.13 Å². The summed E-state index contributed by atoms with van der Waals surface area (Å²) < 4.78 is 0. The molecule has 186 valence electrons. The lowest BCUT2D eigenvalue weighted by Crippen LogP contribution is -2.50. The van der Waals surface area contributed by atoms with Gasteiger partial charge in [-0.3, -0.25) is 34.7 Å². The normalized spacial score (nSPS) is 13.7. The molecule has 0 aliphatic carbocycles. The summed E-state index contributed by atoms with van der Waals surface area (Å²) in [6.45, 7) is 3.05. The second-order valence-corrected chi connectivity index (χ2v) is 8.91. The predicted octanol–water partition coefficient (Wildman–Crippen LogP) is 2.23. The zero-order valence-electron chi connectivity index (χ0n) is 19.3. The number of aromatic nitrogens is 1. The summed E-state index contributed by atoms with van der Waals surface area (Å²) in [5.74, 6) is -1.69. The molecule has 1 saturated heterocycles. The fourth-order valence-corrected chi connectivity index (χ4v) is 4.43. The minimum atomic E-state index is -0.775. The SMILES string of the molecule is O=C(NCCN1CCN(C(=O)c2ccc([N+](=O)[O-])cc2)CC1)C(=O)Nc1nc(-c2ccccc2)cs1. The van der Waals surface area contributed by atoms with E-state index in [2.05, 4.69) is 20.5 Å². The van der Waals surface area contributed by atoms with E-state index in [9.17, 15) is 24.5 Å². The number of hydrogen-bond acceptors (Lipinski definition) is 8. The van der Waals surface area contributed by atoms with Gasteiger partial charge in [-0.05, 0) is 12.1 Å². The average Bonchev–Trinajstić information content (AvgIpc) is 3.37. The highest BCUT2D eigenvalue weighted by molar-refractivity contribution is 7.14. The van der Waals surface area contributed by atoms with E-state index in [1.165, 1.54) is 35.6 Å². The van der Waals surface area contributed by atoms with Crippen molar-refractivity contribution in [2.75, 3.05) is 44.6 Å². The van der Waals surface area contributed by atoms with Gasteiger partial charge in [-0.15, -0.1) is 11.3 Å². The Morgan fingerprint density at radius 3 is 2.33 bits per heavy atom. The number of amides is 3. The molecule has 0 radical (unpaired) electrons. The van der Waals surface area contributed by atoms with Gasteiger partial charge in [0.2, 0.25) is 0 Å². The highest BCUT2D eigenvalue weighted by atomic mass is 32.1. The monoisotopic (exact) mass is 508 g/mol. The maximum atomic E-state index is 12.6. The smallest absolute Gasteiger partial charge is 0.315 e. The number of nitro groups is 1. The van der Waals surface area contributed by atoms with E-state index in [4.69, 9.17) is 0 Å². The second kappa shape index (κ2) is 11.5. The first kappa shape index (κ1) is 24.9. The molecule has 1 aromatic heterocycles. The predicted molar refractivity (Wildman–Crippen MR) is 135 cm³/mol. The molecule has 12 heteroatoms. The number of benzene rings is 2. The zero-order chi connectivity index (χ0) is 25.5. The van der Waals surface area contributed by atoms with Crippen molar-refractivity contribution < 1.29 is 19.3 Å². The van der Waals surface area contributed by atoms with Gasteiger partial charge in [0.1, 0.15) is 0 Å². The van der Waals surface area contributed by atoms with Crippen molar-refractivity contribution in [3.05, 3.63) is 75.7 Å². The van der Waals surface area contributed by atoms with Crippen molar-refractivity contribution in [3.63, 3.8) is 0 Å². The summed E-state index contributed by atoms with van der Waals surface area (Å²) >= 11 is 1.25. The van der Waals surface area contributed by atoms with Crippen LogP contribution in [-0.2, 0) is 9.59 Å².